The SMILES string of the molecule is COCCOCCCC(=O)NCC1(c2ccc(F)cc2)CCC1. The maximum absolute atomic E-state index is 13.1. The van der Waals surface area contributed by atoms with Gasteiger partial charge >= 0.3 is 0 Å². The molecule has 0 atom stereocenters. The maximum atomic E-state index is 13.1. The van der Waals surface area contributed by atoms with Crippen molar-refractivity contribution in [2.24, 2.45) is 0 Å². The number of halogens is 1. The van der Waals surface area contributed by atoms with Gasteiger partial charge in [0, 0.05) is 32.1 Å². The number of rotatable bonds is 10. The number of carbonyl (C=O) groups is 1. The summed E-state index contributed by atoms with van der Waals surface area (Å²) in [7, 11) is 1.63. The highest BCUT2D eigenvalue weighted by Gasteiger charge is 2.38. The highest BCUT2D eigenvalue weighted by atomic mass is 19.1. The van der Waals surface area contributed by atoms with E-state index in [2.05, 4.69) is 5.32 Å². The average molecular weight is 323 g/mol. The number of nitrogens with one attached hydrogen (secondary N) is 1. The molecule has 1 aromatic rings. The van der Waals surface area contributed by atoms with Gasteiger partial charge in [0.15, 0.2) is 0 Å². The molecule has 1 fully saturated rings. The van der Waals surface area contributed by atoms with Crippen LogP contribution in [-0.4, -0.2) is 39.4 Å². The number of hydrogen-bond acceptors (Lipinski definition) is 3. The van der Waals surface area contributed by atoms with Crippen LogP contribution in [0.3, 0.4) is 0 Å². The van der Waals surface area contributed by atoms with Crippen LogP contribution in [0.1, 0.15) is 37.7 Å². The van der Waals surface area contributed by atoms with Crippen LogP contribution in [0.4, 0.5) is 4.39 Å². The van der Waals surface area contributed by atoms with E-state index in [-0.39, 0.29) is 17.1 Å². The van der Waals surface area contributed by atoms with E-state index in [4.69, 9.17) is 9.47 Å². The predicted octanol–water partition coefficient (Wildman–Crippen LogP) is 2.81. The summed E-state index contributed by atoms with van der Waals surface area (Å²) in [6.45, 7) is 2.33. The molecule has 0 spiro atoms. The zero-order chi connectivity index (χ0) is 16.5. The van der Waals surface area contributed by atoms with E-state index in [0.29, 0.717) is 39.2 Å². The number of carbonyl (C=O) groups excluding carboxylic acids is 1. The predicted molar refractivity (Wildman–Crippen MR) is 86.9 cm³/mol. The highest BCUT2D eigenvalue weighted by molar-refractivity contribution is 5.76. The Morgan fingerprint density at radius 3 is 2.57 bits per heavy atom. The van der Waals surface area contributed by atoms with E-state index >= 15 is 0 Å². The summed E-state index contributed by atoms with van der Waals surface area (Å²) in [5, 5.41) is 3.03. The summed E-state index contributed by atoms with van der Waals surface area (Å²) >= 11 is 0. The van der Waals surface area contributed by atoms with Crippen molar-refractivity contribution in [1.82, 2.24) is 5.32 Å². The van der Waals surface area contributed by atoms with Crippen LogP contribution in [0.25, 0.3) is 0 Å². The Balaban J connectivity index is 1.71. The molecule has 1 aliphatic rings. The number of amides is 1. The number of ether oxygens (including phenoxy) is 2. The van der Waals surface area contributed by atoms with Gasteiger partial charge in [-0.2, -0.15) is 0 Å². The Labute approximate surface area is 137 Å². The zero-order valence-corrected chi connectivity index (χ0v) is 13.8. The Kier molecular flexibility index (Phi) is 6.99. The van der Waals surface area contributed by atoms with Gasteiger partial charge in [0.25, 0.3) is 0 Å². The van der Waals surface area contributed by atoms with Gasteiger partial charge in [0.2, 0.25) is 5.91 Å². The van der Waals surface area contributed by atoms with Crippen molar-refractivity contribution in [1.29, 1.82) is 0 Å². The first-order chi connectivity index (χ1) is 11.2. The van der Waals surface area contributed by atoms with Crippen molar-refractivity contribution < 1.29 is 18.7 Å². The molecule has 23 heavy (non-hydrogen) atoms. The van der Waals surface area contributed by atoms with Crippen molar-refractivity contribution in [3.8, 4) is 0 Å². The smallest absolute Gasteiger partial charge is 0.220 e. The Morgan fingerprint density at radius 2 is 1.96 bits per heavy atom. The molecule has 4 nitrogen and oxygen atoms in total. The topological polar surface area (TPSA) is 47.6 Å². The molecule has 0 aromatic heterocycles. The first-order valence-corrected chi connectivity index (χ1v) is 8.26. The zero-order valence-electron chi connectivity index (χ0n) is 13.8. The fourth-order valence-electron chi connectivity index (χ4n) is 2.91. The fraction of sp³-hybridized carbons (Fsp3) is 0.611. The molecule has 1 N–H and O–H groups in total. The minimum absolute atomic E-state index is 0.0156. The molecular formula is C18H26FNO3. The van der Waals surface area contributed by atoms with E-state index in [0.717, 1.165) is 24.8 Å². The second-order valence-corrected chi connectivity index (χ2v) is 6.13. The average Bonchev–Trinajstić information content (AvgIpc) is 2.51. The van der Waals surface area contributed by atoms with E-state index in [9.17, 15) is 9.18 Å². The lowest BCUT2D eigenvalue weighted by molar-refractivity contribution is -0.121. The molecule has 1 aliphatic carbocycles. The van der Waals surface area contributed by atoms with Gasteiger partial charge in [-0.1, -0.05) is 18.6 Å². The summed E-state index contributed by atoms with van der Waals surface area (Å²) in [4.78, 5) is 12.0. The number of benzene rings is 1. The lowest BCUT2D eigenvalue weighted by atomic mass is 9.64. The first-order valence-electron chi connectivity index (χ1n) is 8.26. The van der Waals surface area contributed by atoms with Crippen LogP contribution in [-0.2, 0) is 19.7 Å². The maximum Gasteiger partial charge on any atom is 0.220 e. The van der Waals surface area contributed by atoms with Crippen LogP contribution < -0.4 is 5.32 Å². The summed E-state index contributed by atoms with van der Waals surface area (Å²) in [5.74, 6) is -0.172. The summed E-state index contributed by atoms with van der Waals surface area (Å²) in [6, 6.07) is 6.66. The third-order valence-corrected chi connectivity index (χ3v) is 4.52. The van der Waals surface area contributed by atoms with Gasteiger partial charge in [0.1, 0.15) is 5.82 Å². The van der Waals surface area contributed by atoms with Gasteiger partial charge in [-0.3, -0.25) is 4.79 Å². The third kappa shape index (κ3) is 5.29. The summed E-state index contributed by atoms with van der Waals surface area (Å²) in [6.07, 6.45) is 4.41. The van der Waals surface area contributed by atoms with Crippen molar-refractivity contribution in [3.63, 3.8) is 0 Å². The molecule has 0 saturated heterocycles. The summed E-state index contributed by atoms with van der Waals surface area (Å²) in [5.41, 5.74) is 1.10. The third-order valence-electron chi connectivity index (χ3n) is 4.52. The first kappa shape index (κ1) is 17.9. The highest BCUT2D eigenvalue weighted by Crippen LogP contribution is 2.43. The van der Waals surface area contributed by atoms with Crippen LogP contribution in [0.15, 0.2) is 24.3 Å². The quantitative estimate of drug-likeness (QED) is 0.674. The molecule has 1 amide bonds. The molecule has 1 saturated carbocycles. The van der Waals surface area contributed by atoms with Crippen molar-refractivity contribution in [3.05, 3.63) is 35.6 Å². The second kappa shape index (κ2) is 8.99. The lowest BCUT2D eigenvalue weighted by Gasteiger charge is -2.42. The van der Waals surface area contributed by atoms with Gasteiger partial charge in [-0.15, -0.1) is 0 Å². The number of hydrogen-bond donors (Lipinski definition) is 1. The van der Waals surface area contributed by atoms with Crippen LogP contribution in [0.2, 0.25) is 0 Å². The molecule has 0 radical (unpaired) electrons. The Morgan fingerprint density at radius 1 is 1.22 bits per heavy atom. The molecule has 0 aliphatic heterocycles. The Hall–Kier alpha value is -1.46. The molecule has 128 valence electrons. The molecule has 0 unspecified atom stereocenters. The van der Waals surface area contributed by atoms with E-state index in [1.807, 2.05) is 12.1 Å². The van der Waals surface area contributed by atoms with Gasteiger partial charge < -0.3 is 14.8 Å². The normalized spacial score (nSPS) is 15.9. The monoisotopic (exact) mass is 323 g/mol. The van der Waals surface area contributed by atoms with E-state index in [1.54, 1.807) is 7.11 Å². The fourth-order valence-corrected chi connectivity index (χ4v) is 2.91. The van der Waals surface area contributed by atoms with E-state index < -0.39 is 0 Å². The molecule has 0 bridgehead atoms. The van der Waals surface area contributed by atoms with Crippen molar-refractivity contribution in [2.45, 2.75) is 37.5 Å². The van der Waals surface area contributed by atoms with Gasteiger partial charge in [0.05, 0.1) is 13.2 Å². The van der Waals surface area contributed by atoms with Gasteiger partial charge in [-0.05, 0) is 37.0 Å². The van der Waals surface area contributed by atoms with Crippen molar-refractivity contribution in [2.75, 3.05) is 33.5 Å². The largest absolute Gasteiger partial charge is 0.382 e. The minimum Gasteiger partial charge on any atom is -0.382 e. The second-order valence-electron chi connectivity index (χ2n) is 6.13. The molecule has 5 heteroatoms. The molecule has 2 rings (SSSR count). The van der Waals surface area contributed by atoms with Crippen LogP contribution >= 0.6 is 0 Å². The van der Waals surface area contributed by atoms with Crippen LogP contribution in [0.5, 0.6) is 0 Å². The van der Waals surface area contributed by atoms with Gasteiger partial charge in [-0.25, -0.2) is 4.39 Å². The molecule has 1 aromatic carbocycles. The molecule has 0 heterocycles. The van der Waals surface area contributed by atoms with Crippen LogP contribution in [0, 0.1) is 5.82 Å². The molecular weight excluding hydrogens is 297 g/mol. The summed E-state index contributed by atoms with van der Waals surface area (Å²) < 4.78 is 23.3. The Bertz CT molecular complexity index is 486. The van der Waals surface area contributed by atoms with E-state index in [1.165, 1.54) is 12.1 Å². The standard InChI is InChI=1S/C18H26FNO3/c1-22-12-13-23-11-2-4-17(21)20-14-18(9-3-10-18)15-5-7-16(19)8-6-15/h5-8H,2-4,9-14H2,1H3,(H,20,21). The lowest BCUT2D eigenvalue weighted by Crippen LogP contribution is -2.45. The van der Waals surface area contributed by atoms with Crippen molar-refractivity contribution >= 4 is 5.91 Å². The minimum atomic E-state index is -0.222. The number of methoxy groups -OCH3 is 1.